The number of carboxylic acids is 1. The standard InChI is InChI=1S/C19H24N2O3S/c1-13-16(20-14(2)25-13)9-12-24-18-7-3-6-17-15(18)5-4-10-21(17)11-8-19(22)23/h3,6-7H,4-5,8-12H2,1-2H3,(H,22,23). The first-order valence-electron chi connectivity index (χ1n) is 8.69. The van der Waals surface area contributed by atoms with Crippen molar-refractivity contribution in [2.24, 2.45) is 0 Å². The van der Waals surface area contributed by atoms with Crippen molar-refractivity contribution in [3.05, 3.63) is 39.3 Å². The van der Waals surface area contributed by atoms with E-state index >= 15 is 0 Å². The number of ether oxygens (including phenoxy) is 1. The molecule has 1 aliphatic heterocycles. The number of thiazole rings is 1. The van der Waals surface area contributed by atoms with E-state index in [0.717, 1.165) is 47.9 Å². The van der Waals surface area contributed by atoms with Gasteiger partial charge in [0.2, 0.25) is 0 Å². The fourth-order valence-corrected chi connectivity index (χ4v) is 4.19. The topological polar surface area (TPSA) is 62.7 Å². The van der Waals surface area contributed by atoms with Crippen LogP contribution in [-0.4, -0.2) is 35.8 Å². The number of hydrogen-bond acceptors (Lipinski definition) is 5. The van der Waals surface area contributed by atoms with Crippen LogP contribution in [0.1, 0.15) is 34.0 Å². The molecule has 3 rings (SSSR count). The lowest BCUT2D eigenvalue weighted by molar-refractivity contribution is -0.136. The van der Waals surface area contributed by atoms with Gasteiger partial charge in [0.05, 0.1) is 23.7 Å². The monoisotopic (exact) mass is 360 g/mol. The predicted octanol–water partition coefficient (Wildman–Crippen LogP) is 3.61. The molecule has 5 nitrogen and oxygen atoms in total. The number of carbonyl (C=O) groups is 1. The van der Waals surface area contributed by atoms with Gasteiger partial charge in [-0.25, -0.2) is 4.98 Å². The first-order valence-corrected chi connectivity index (χ1v) is 9.50. The van der Waals surface area contributed by atoms with Crippen LogP contribution in [0.5, 0.6) is 5.75 Å². The molecule has 0 unspecified atom stereocenters. The molecule has 0 bridgehead atoms. The minimum atomic E-state index is -0.756. The van der Waals surface area contributed by atoms with Crippen LogP contribution in [0, 0.1) is 13.8 Å². The lowest BCUT2D eigenvalue weighted by Gasteiger charge is -2.32. The summed E-state index contributed by atoms with van der Waals surface area (Å²) in [6.45, 7) is 6.19. The van der Waals surface area contributed by atoms with E-state index in [9.17, 15) is 4.79 Å². The van der Waals surface area contributed by atoms with E-state index in [-0.39, 0.29) is 6.42 Å². The van der Waals surface area contributed by atoms with Gasteiger partial charge in [0.1, 0.15) is 5.75 Å². The smallest absolute Gasteiger partial charge is 0.305 e. The fraction of sp³-hybridized carbons (Fsp3) is 0.474. The molecule has 1 aromatic carbocycles. The van der Waals surface area contributed by atoms with Gasteiger partial charge in [-0.15, -0.1) is 11.3 Å². The number of rotatable bonds is 7. The van der Waals surface area contributed by atoms with Crippen molar-refractivity contribution in [2.75, 3.05) is 24.6 Å². The van der Waals surface area contributed by atoms with Gasteiger partial charge in [-0.3, -0.25) is 4.79 Å². The summed E-state index contributed by atoms with van der Waals surface area (Å²) in [6.07, 6.45) is 2.97. The number of anilines is 1. The molecule has 0 radical (unpaired) electrons. The van der Waals surface area contributed by atoms with Gasteiger partial charge in [0.25, 0.3) is 0 Å². The SMILES string of the molecule is Cc1nc(CCOc2cccc3c2CCCN3CCC(=O)O)c(C)s1. The van der Waals surface area contributed by atoms with Gasteiger partial charge >= 0.3 is 5.97 Å². The molecule has 1 aliphatic rings. The van der Waals surface area contributed by atoms with Crippen molar-refractivity contribution in [1.82, 2.24) is 4.98 Å². The number of fused-ring (bicyclic) bond motifs is 1. The number of carboxylic acid groups (broad SMARTS) is 1. The second-order valence-electron chi connectivity index (χ2n) is 6.32. The summed E-state index contributed by atoms with van der Waals surface area (Å²) in [5.74, 6) is 0.163. The van der Waals surface area contributed by atoms with Crippen molar-refractivity contribution >= 4 is 23.0 Å². The lowest BCUT2D eigenvalue weighted by Crippen LogP contribution is -2.31. The van der Waals surface area contributed by atoms with E-state index in [4.69, 9.17) is 9.84 Å². The molecule has 0 saturated heterocycles. The average Bonchev–Trinajstić information content (AvgIpc) is 2.90. The molecule has 2 aromatic rings. The third-order valence-electron chi connectivity index (χ3n) is 4.50. The first kappa shape index (κ1) is 17.7. The number of benzene rings is 1. The molecule has 0 amide bonds. The van der Waals surface area contributed by atoms with Crippen molar-refractivity contribution in [3.8, 4) is 5.75 Å². The normalized spacial score (nSPS) is 13.6. The summed E-state index contributed by atoms with van der Waals surface area (Å²) >= 11 is 1.73. The molecule has 0 atom stereocenters. The van der Waals surface area contributed by atoms with E-state index < -0.39 is 5.97 Å². The van der Waals surface area contributed by atoms with Crippen LogP contribution < -0.4 is 9.64 Å². The molecule has 25 heavy (non-hydrogen) atoms. The van der Waals surface area contributed by atoms with Gasteiger partial charge in [-0.05, 0) is 38.8 Å². The Hall–Kier alpha value is -2.08. The van der Waals surface area contributed by atoms with Gasteiger partial charge in [0, 0.05) is 35.6 Å². The van der Waals surface area contributed by atoms with Crippen LogP contribution in [0.25, 0.3) is 0 Å². The van der Waals surface area contributed by atoms with Crippen molar-refractivity contribution in [3.63, 3.8) is 0 Å². The molecule has 0 aliphatic carbocycles. The van der Waals surface area contributed by atoms with Crippen molar-refractivity contribution in [1.29, 1.82) is 0 Å². The Morgan fingerprint density at radius 1 is 1.40 bits per heavy atom. The highest BCUT2D eigenvalue weighted by molar-refractivity contribution is 7.11. The van der Waals surface area contributed by atoms with E-state index in [1.54, 1.807) is 11.3 Å². The summed E-state index contributed by atoms with van der Waals surface area (Å²) in [4.78, 5) is 18.8. The molecule has 2 heterocycles. The quantitative estimate of drug-likeness (QED) is 0.817. The van der Waals surface area contributed by atoms with Gasteiger partial charge in [-0.2, -0.15) is 0 Å². The number of aliphatic carboxylic acids is 1. The molecule has 1 aromatic heterocycles. The van der Waals surface area contributed by atoms with E-state index in [1.807, 2.05) is 19.1 Å². The summed E-state index contributed by atoms with van der Waals surface area (Å²) < 4.78 is 6.07. The van der Waals surface area contributed by atoms with Crippen molar-refractivity contribution in [2.45, 2.75) is 39.5 Å². The van der Waals surface area contributed by atoms with Crippen LogP contribution in [-0.2, 0) is 17.6 Å². The average molecular weight is 360 g/mol. The van der Waals surface area contributed by atoms with Crippen LogP contribution in [0.2, 0.25) is 0 Å². The lowest BCUT2D eigenvalue weighted by atomic mass is 10.0. The number of aromatic nitrogens is 1. The van der Waals surface area contributed by atoms with Crippen LogP contribution in [0.4, 0.5) is 5.69 Å². The molecule has 134 valence electrons. The Bertz CT molecular complexity index is 757. The number of nitrogens with zero attached hydrogens (tertiary/aromatic N) is 2. The highest BCUT2D eigenvalue weighted by atomic mass is 32.1. The highest BCUT2D eigenvalue weighted by Gasteiger charge is 2.20. The van der Waals surface area contributed by atoms with Gasteiger partial charge in [0.15, 0.2) is 0 Å². The summed E-state index contributed by atoms with van der Waals surface area (Å²) in [7, 11) is 0. The zero-order chi connectivity index (χ0) is 17.8. The molecular formula is C19H24N2O3S. The van der Waals surface area contributed by atoms with Crippen LogP contribution in [0.15, 0.2) is 18.2 Å². The van der Waals surface area contributed by atoms with Gasteiger partial charge in [-0.1, -0.05) is 6.07 Å². The first-order chi connectivity index (χ1) is 12.0. The Morgan fingerprint density at radius 2 is 2.24 bits per heavy atom. The second kappa shape index (κ2) is 7.87. The van der Waals surface area contributed by atoms with Crippen LogP contribution in [0.3, 0.4) is 0 Å². The fourth-order valence-electron chi connectivity index (χ4n) is 3.33. The third kappa shape index (κ3) is 4.31. The molecule has 1 N–H and O–H groups in total. The minimum Gasteiger partial charge on any atom is -0.493 e. The highest BCUT2D eigenvalue weighted by Crippen LogP contribution is 2.34. The van der Waals surface area contributed by atoms with Crippen LogP contribution >= 0.6 is 11.3 Å². The van der Waals surface area contributed by atoms with Gasteiger partial charge < -0.3 is 14.7 Å². The Kier molecular flexibility index (Phi) is 5.58. The third-order valence-corrected chi connectivity index (χ3v) is 5.42. The number of hydrogen-bond donors (Lipinski definition) is 1. The zero-order valence-corrected chi connectivity index (χ0v) is 15.6. The summed E-state index contributed by atoms with van der Waals surface area (Å²) in [5.41, 5.74) is 3.44. The molecule has 0 fully saturated rings. The Labute approximate surface area is 152 Å². The maximum absolute atomic E-state index is 10.9. The van der Waals surface area contributed by atoms with E-state index in [0.29, 0.717) is 13.2 Å². The molecule has 6 heteroatoms. The number of aryl methyl sites for hydroxylation is 2. The van der Waals surface area contributed by atoms with E-state index in [1.165, 1.54) is 10.4 Å². The maximum atomic E-state index is 10.9. The minimum absolute atomic E-state index is 0.160. The summed E-state index contributed by atoms with van der Waals surface area (Å²) in [6, 6.07) is 6.07. The Balaban J connectivity index is 1.67. The maximum Gasteiger partial charge on any atom is 0.305 e. The molecule has 0 spiro atoms. The molecule has 0 saturated carbocycles. The predicted molar refractivity (Wildman–Crippen MR) is 100 cm³/mol. The second-order valence-corrected chi connectivity index (χ2v) is 7.73. The van der Waals surface area contributed by atoms with E-state index in [2.05, 4.69) is 22.9 Å². The Morgan fingerprint density at radius 3 is 2.96 bits per heavy atom. The molecular weight excluding hydrogens is 336 g/mol. The largest absolute Gasteiger partial charge is 0.493 e. The van der Waals surface area contributed by atoms with Crippen molar-refractivity contribution < 1.29 is 14.6 Å². The zero-order valence-electron chi connectivity index (χ0n) is 14.7. The summed E-state index contributed by atoms with van der Waals surface area (Å²) in [5, 5.41) is 10.0.